The molecule has 2 amide bonds. The van der Waals surface area contributed by atoms with Crippen LogP contribution in [0, 0.1) is 5.92 Å². The van der Waals surface area contributed by atoms with Gasteiger partial charge in [0.15, 0.2) is 0 Å². The van der Waals surface area contributed by atoms with Gasteiger partial charge in [0.25, 0.3) is 5.91 Å². The number of aromatic nitrogens is 2. The van der Waals surface area contributed by atoms with Gasteiger partial charge in [0, 0.05) is 19.1 Å². The van der Waals surface area contributed by atoms with Gasteiger partial charge in [0.05, 0.1) is 25.5 Å². The van der Waals surface area contributed by atoms with Crippen LogP contribution in [0.4, 0.5) is 0 Å². The van der Waals surface area contributed by atoms with Crippen LogP contribution in [0.1, 0.15) is 37.2 Å². The number of nitrogens with two attached hydrogens (primary N) is 1. The van der Waals surface area contributed by atoms with Crippen LogP contribution >= 0.6 is 0 Å². The van der Waals surface area contributed by atoms with E-state index in [1.807, 2.05) is 6.92 Å². The minimum Gasteiger partial charge on any atom is -0.480 e. The van der Waals surface area contributed by atoms with Crippen LogP contribution in [0.5, 0.6) is 5.88 Å². The second-order valence-corrected chi connectivity index (χ2v) is 6.16. The van der Waals surface area contributed by atoms with Gasteiger partial charge in [0.1, 0.15) is 5.69 Å². The van der Waals surface area contributed by atoms with Crippen molar-refractivity contribution in [3.63, 3.8) is 0 Å². The highest BCUT2D eigenvalue weighted by molar-refractivity contribution is 5.92. The lowest BCUT2D eigenvalue weighted by Gasteiger charge is -2.35. The minimum absolute atomic E-state index is 0.00560. The summed E-state index contributed by atoms with van der Waals surface area (Å²) in [4.78, 5) is 33.9. The minimum atomic E-state index is -0.465. The summed E-state index contributed by atoms with van der Waals surface area (Å²) in [5.74, 6) is 0.411. The molecule has 0 bridgehead atoms. The van der Waals surface area contributed by atoms with Crippen molar-refractivity contribution in [1.29, 1.82) is 0 Å². The first kappa shape index (κ1) is 18.1. The molecule has 0 radical (unpaired) electrons. The van der Waals surface area contributed by atoms with E-state index in [2.05, 4.69) is 15.3 Å². The van der Waals surface area contributed by atoms with Crippen molar-refractivity contribution in [2.24, 2.45) is 11.7 Å². The molecule has 1 fully saturated rings. The van der Waals surface area contributed by atoms with Crippen molar-refractivity contribution in [2.45, 2.75) is 38.8 Å². The third-order valence-electron chi connectivity index (χ3n) is 4.38. The van der Waals surface area contributed by atoms with Gasteiger partial charge in [0.2, 0.25) is 11.8 Å². The standard InChI is InChI=1S/C16H25N5O3/c1-10(17)16(23)21-6-4-12(5-7-21)11(2)20-15(22)13-8-19-14(24-3)9-18-13/h8-12H,4-7,17H2,1-3H3,(H,20,22)/t10-,11?/m0/s1. The molecule has 8 nitrogen and oxygen atoms in total. The molecule has 24 heavy (non-hydrogen) atoms. The normalized spacial score (nSPS) is 17.9. The van der Waals surface area contributed by atoms with Crippen LogP contribution in [0.25, 0.3) is 0 Å². The first-order valence-corrected chi connectivity index (χ1v) is 8.13. The Bertz CT molecular complexity index is 568. The Balaban J connectivity index is 1.85. The molecule has 132 valence electrons. The maximum Gasteiger partial charge on any atom is 0.271 e. The van der Waals surface area contributed by atoms with E-state index in [-0.39, 0.29) is 23.6 Å². The van der Waals surface area contributed by atoms with Gasteiger partial charge in [-0.05, 0) is 32.6 Å². The first-order valence-electron chi connectivity index (χ1n) is 8.13. The summed E-state index contributed by atoms with van der Waals surface area (Å²) in [6, 6.07) is -0.471. The van der Waals surface area contributed by atoms with Gasteiger partial charge in [-0.25, -0.2) is 9.97 Å². The number of hydrogen-bond donors (Lipinski definition) is 2. The van der Waals surface area contributed by atoms with Crippen molar-refractivity contribution in [2.75, 3.05) is 20.2 Å². The van der Waals surface area contributed by atoms with E-state index in [0.717, 1.165) is 12.8 Å². The number of carbonyl (C=O) groups excluding carboxylic acids is 2. The summed E-state index contributed by atoms with van der Waals surface area (Å²) < 4.78 is 4.92. The van der Waals surface area contributed by atoms with Gasteiger partial charge < -0.3 is 20.7 Å². The SMILES string of the molecule is COc1cnc(C(=O)NC(C)C2CCN(C(=O)[C@H](C)N)CC2)cn1. The van der Waals surface area contributed by atoms with Gasteiger partial charge >= 0.3 is 0 Å². The zero-order chi connectivity index (χ0) is 17.7. The van der Waals surface area contributed by atoms with Crippen LogP contribution in [0.2, 0.25) is 0 Å². The highest BCUT2D eigenvalue weighted by atomic mass is 16.5. The number of rotatable bonds is 5. The van der Waals surface area contributed by atoms with Crippen molar-refractivity contribution in [3.05, 3.63) is 18.1 Å². The fraction of sp³-hybridized carbons (Fsp3) is 0.625. The van der Waals surface area contributed by atoms with E-state index in [1.165, 1.54) is 19.5 Å². The zero-order valence-corrected chi connectivity index (χ0v) is 14.4. The number of amides is 2. The molecule has 8 heteroatoms. The Morgan fingerprint density at radius 2 is 1.96 bits per heavy atom. The molecule has 2 atom stereocenters. The predicted molar refractivity (Wildman–Crippen MR) is 88.5 cm³/mol. The fourth-order valence-corrected chi connectivity index (χ4v) is 2.85. The number of likely N-dealkylation sites (tertiary alicyclic amines) is 1. The maximum atomic E-state index is 12.2. The number of ether oxygens (including phenoxy) is 1. The van der Waals surface area contributed by atoms with Crippen LogP contribution in [0.3, 0.4) is 0 Å². The first-order chi connectivity index (χ1) is 11.4. The lowest BCUT2D eigenvalue weighted by Crippen LogP contribution is -2.49. The third-order valence-corrected chi connectivity index (χ3v) is 4.38. The smallest absolute Gasteiger partial charge is 0.271 e. The second kappa shape index (κ2) is 8.05. The molecule has 3 N–H and O–H groups in total. The van der Waals surface area contributed by atoms with E-state index >= 15 is 0 Å². The molecule has 2 heterocycles. The van der Waals surface area contributed by atoms with Gasteiger partial charge in [-0.1, -0.05) is 0 Å². The summed E-state index contributed by atoms with van der Waals surface area (Å²) in [6.07, 6.45) is 4.49. The third kappa shape index (κ3) is 4.41. The monoisotopic (exact) mass is 335 g/mol. The summed E-state index contributed by atoms with van der Waals surface area (Å²) >= 11 is 0. The molecule has 2 rings (SSSR count). The van der Waals surface area contributed by atoms with Gasteiger partial charge in [-0.3, -0.25) is 9.59 Å². The molecule has 1 saturated heterocycles. The lowest BCUT2D eigenvalue weighted by molar-refractivity contribution is -0.133. The highest BCUT2D eigenvalue weighted by Gasteiger charge is 2.28. The Hall–Kier alpha value is -2.22. The molecular weight excluding hydrogens is 310 g/mol. The van der Waals surface area contributed by atoms with Gasteiger partial charge in [-0.2, -0.15) is 0 Å². The van der Waals surface area contributed by atoms with Crippen LogP contribution in [0.15, 0.2) is 12.4 Å². The topological polar surface area (TPSA) is 110 Å². The van der Waals surface area contributed by atoms with E-state index in [0.29, 0.717) is 24.9 Å². The molecular formula is C16H25N5O3. The molecule has 1 unspecified atom stereocenters. The van der Waals surface area contributed by atoms with Crippen LogP contribution < -0.4 is 15.8 Å². The number of piperidine rings is 1. The summed E-state index contributed by atoms with van der Waals surface area (Å²) in [7, 11) is 1.49. The van der Waals surface area contributed by atoms with Crippen LogP contribution in [-0.2, 0) is 4.79 Å². The number of hydrogen-bond acceptors (Lipinski definition) is 6. The van der Waals surface area contributed by atoms with Crippen molar-refractivity contribution in [3.8, 4) is 5.88 Å². The van der Waals surface area contributed by atoms with Crippen LogP contribution in [-0.4, -0.2) is 59.0 Å². The van der Waals surface area contributed by atoms with E-state index < -0.39 is 6.04 Å². The highest BCUT2D eigenvalue weighted by Crippen LogP contribution is 2.21. The maximum absolute atomic E-state index is 12.2. The predicted octanol–water partition coefficient (Wildman–Crippen LogP) is 0.189. The lowest BCUT2D eigenvalue weighted by atomic mass is 9.90. The largest absolute Gasteiger partial charge is 0.480 e. The second-order valence-electron chi connectivity index (χ2n) is 6.16. The molecule has 1 aromatic rings. The Morgan fingerprint density at radius 1 is 1.29 bits per heavy atom. The molecule has 0 aromatic carbocycles. The zero-order valence-electron chi connectivity index (χ0n) is 14.4. The Morgan fingerprint density at radius 3 is 2.46 bits per heavy atom. The number of nitrogens with one attached hydrogen (secondary N) is 1. The molecule has 0 aliphatic carbocycles. The molecule has 0 spiro atoms. The Labute approximate surface area is 141 Å². The quantitative estimate of drug-likeness (QED) is 0.795. The fourth-order valence-electron chi connectivity index (χ4n) is 2.85. The van der Waals surface area contributed by atoms with E-state index in [4.69, 9.17) is 10.5 Å². The van der Waals surface area contributed by atoms with Crippen molar-refractivity contribution < 1.29 is 14.3 Å². The Kier molecular flexibility index (Phi) is 6.08. The average Bonchev–Trinajstić information content (AvgIpc) is 2.61. The molecule has 1 aromatic heterocycles. The van der Waals surface area contributed by atoms with Crippen molar-refractivity contribution in [1.82, 2.24) is 20.2 Å². The average molecular weight is 335 g/mol. The van der Waals surface area contributed by atoms with E-state index in [1.54, 1.807) is 11.8 Å². The molecule has 1 aliphatic heterocycles. The summed E-state index contributed by atoms with van der Waals surface area (Å²) in [5.41, 5.74) is 5.90. The molecule has 1 aliphatic rings. The molecule has 0 saturated carbocycles. The summed E-state index contributed by atoms with van der Waals surface area (Å²) in [6.45, 7) is 5.02. The number of carbonyl (C=O) groups is 2. The van der Waals surface area contributed by atoms with Crippen molar-refractivity contribution >= 4 is 11.8 Å². The number of methoxy groups -OCH3 is 1. The number of nitrogens with zero attached hydrogens (tertiary/aromatic N) is 3. The van der Waals surface area contributed by atoms with Gasteiger partial charge in [-0.15, -0.1) is 0 Å². The van der Waals surface area contributed by atoms with E-state index in [9.17, 15) is 9.59 Å². The summed E-state index contributed by atoms with van der Waals surface area (Å²) in [5, 5.41) is 2.96.